The lowest BCUT2D eigenvalue weighted by atomic mass is 9.86. The van der Waals surface area contributed by atoms with Gasteiger partial charge in [-0.3, -0.25) is 14.4 Å². The van der Waals surface area contributed by atoms with Crippen molar-refractivity contribution in [3.63, 3.8) is 0 Å². The van der Waals surface area contributed by atoms with Gasteiger partial charge in [0.1, 0.15) is 24.6 Å². The Hall–Kier alpha value is -3.92. The van der Waals surface area contributed by atoms with Gasteiger partial charge in [0.25, 0.3) is 0 Å². The zero-order valence-corrected chi connectivity index (χ0v) is 25.0. The maximum atomic E-state index is 13.1. The minimum Gasteiger partial charge on any atom is -0.484 e. The molecule has 5 atom stereocenters. The number of cyclic esters (lactones) is 1. The van der Waals surface area contributed by atoms with Crippen LogP contribution in [0, 0.1) is 5.92 Å². The van der Waals surface area contributed by atoms with Crippen molar-refractivity contribution in [1.82, 2.24) is 10.2 Å². The summed E-state index contributed by atoms with van der Waals surface area (Å²) in [4.78, 5) is 51.7. The SMILES string of the molecule is C[C@H](NC(=O)[C@H]1CCCO1)[C@H](Oc1ccc(C(=O)O)c([C@@H]2CCCN(C(=O)[C@@H]3COC(=O)C3)C2)c1)c1ccc(C2CC2)cc1. The lowest BCUT2D eigenvalue weighted by molar-refractivity contribution is -0.138. The van der Waals surface area contributed by atoms with Crippen LogP contribution in [0.4, 0.5) is 0 Å². The third-order valence-corrected chi connectivity index (χ3v) is 9.26. The summed E-state index contributed by atoms with van der Waals surface area (Å²) in [6.45, 7) is 3.48. The first kappa shape index (κ1) is 30.1. The van der Waals surface area contributed by atoms with Crippen molar-refractivity contribution in [2.45, 2.75) is 82.0 Å². The highest BCUT2D eigenvalue weighted by atomic mass is 16.5. The van der Waals surface area contributed by atoms with E-state index in [0.29, 0.717) is 56.2 Å². The van der Waals surface area contributed by atoms with Crippen LogP contribution in [-0.2, 0) is 23.9 Å². The zero-order valence-electron chi connectivity index (χ0n) is 25.0. The van der Waals surface area contributed by atoms with Crippen LogP contribution < -0.4 is 10.1 Å². The number of hydrogen-bond donors (Lipinski definition) is 2. The number of nitrogens with one attached hydrogen (secondary N) is 1. The number of piperidine rings is 1. The normalized spacial score (nSPS) is 24.8. The highest BCUT2D eigenvalue weighted by Gasteiger charge is 2.36. The number of amides is 2. The van der Waals surface area contributed by atoms with Gasteiger partial charge in [-0.2, -0.15) is 0 Å². The van der Waals surface area contributed by atoms with Gasteiger partial charge >= 0.3 is 11.9 Å². The van der Waals surface area contributed by atoms with Crippen LogP contribution in [0.3, 0.4) is 0 Å². The number of rotatable bonds is 10. The molecule has 6 rings (SSSR count). The van der Waals surface area contributed by atoms with E-state index in [1.807, 2.05) is 19.1 Å². The monoisotopic (exact) mass is 604 g/mol. The summed E-state index contributed by atoms with van der Waals surface area (Å²) in [7, 11) is 0. The Morgan fingerprint density at radius 2 is 1.82 bits per heavy atom. The predicted octanol–water partition coefficient (Wildman–Crippen LogP) is 4.34. The van der Waals surface area contributed by atoms with Crippen LogP contribution in [0.5, 0.6) is 5.75 Å². The molecular weight excluding hydrogens is 564 g/mol. The fourth-order valence-electron chi connectivity index (χ4n) is 6.66. The van der Waals surface area contributed by atoms with E-state index in [9.17, 15) is 24.3 Å². The predicted molar refractivity (Wildman–Crippen MR) is 159 cm³/mol. The summed E-state index contributed by atoms with van der Waals surface area (Å²) in [6.07, 6.45) is 4.43. The molecule has 0 unspecified atom stereocenters. The molecule has 4 fully saturated rings. The van der Waals surface area contributed by atoms with E-state index >= 15 is 0 Å². The fraction of sp³-hybridized carbons (Fsp3) is 0.529. The lowest BCUT2D eigenvalue weighted by Crippen LogP contribution is -2.44. The molecule has 1 saturated carbocycles. The van der Waals surface area contributed by atoms with E-state index in [2.05, 4.69) is 17.4 Å². The number of carbonyl (C=O) groups is 4. The second kappa shape index (κ2) is 13.0. The zero-order chi connectivity index (χ0) is 30.8. The van der Waals surface area contributed by atoms with Gasteiger partial charge in [0.05, 0.1) is 23.9 Å². The van der Waals surface area contributed by atoms with Crippen molar-refractivity contribution in [3.05, 3.63) is 64.7 Å². The van der Waals surface area contributed by atoms with Gasteiger partial charge in [-0.25, -0.2) is 4.79 Å². The largest absolute Gasteiger partial charge is 0.484 e. The summed E-state index contributed by atoms with van der Waals surface area (Å²) in [6, 6.07) is 12.9. The molecule has 2 aromatic rings. The van der Waals surface area contributed by atoms with Crippen molar-refractivity contribution in [2.24, 2.45) is 5.92 Å². The molecule has 0 radical (unpaired) electrons. The van der Waals surface area contributed by atoms with Crippen LogP contribution >= 0.6 is 0 Å². The Balaban J connectivity index is 1.24. The fourth-order valence-corrected chi connectivity index (χ4v) is 6.66. The molecule has 44 heavy (non-hydrogen) atoms. The summed E-state index contributed by atoms with van der Waals surface area (Å²) in [5.74, 6) is -1.33. The standard InChI is InChI=1S/C34H40N2O8/c1-20(35-32(38)29-5-3-15-42-29)31(23-10-8-22(9-11-23)21-6-7-21)44-26-12-13-27(34(40)41)28(17-26)24-4-2-14-36(18-24)33(39)25-16-30(37)43-19-25/h8-13,17,20-21,24-25,29,31H,2-7,14-16,18-19H2,1H3,(H,35,38)(H,40,41)/t20-,24+,25-,29+,31-/m0/s1. The Morgan fingerprint density at radius 3 is 2.48 bits per heavy atom. The number of hydrogen-bond acceptors (Lipinski definition) is 7. The first-order valence-electron chi connectivity index (χ1n) is 15.8. The maximum Gasteiger partial charge on any atom is 0.335 e. The molecule has 10 heteroatoms. The Morgan fingerprint density at radius 1 is 1.02 bits per heavy atom. The molecule has 3 aliphatic heterocycles. The van der Waals surface area contributed by atoms with Crippen molar-refractivity contribution in [3.8, 4) is 5.75 Å². The number of aromatic carboxylic acids is 1. The third kappa shape index (κ3) is 6.75. The minimum absolute atomic E-state index is 0.0777. The molecule has 0 aromatic heterocycles. The maximum absolute atomic E-state index is 13.1. The number of benzene rings is 2. The Bertz CT molecular complexity index is 1400. The highest BCUT2D eigenvalue weighted by molar-refractivity contribution is 5.90. The van der Waals surface area contributed by atoms with E-state index in [4.69, 9.17) is 14.2 Å². The van der Waals surface area contributed by atoms with E-state index in [-0.39, 0.29) is 42.3 Å². The van der Waals surface area contributed by atoms with Gasteiger partial charge in [0.2, 0.25) is 11.8 Å². The van der Waals surface area contributed by atoms with Crippen molar-refractivity contribution in [1.29, 1.82) is 0 Å². The molecular formula is C34H40N2O8. The second-order valence-corrected chi connectivity index (χ2v) is 12.5. The Labute approximate surface area is 257 Å². The van der Waals surface area contributed by atoms with Crippen LogP contribution in [0.1, 0.15) is 96.9 Å². The van der Waals surface area contributed by atoms with Crippen molar-refractivity contribution in [2.75, 3.05) is 26.3 Å². The smallest absolute Gasteiger partial charge is 0.335 e. The molecule has 3 saturated heterocycles. The van der Waals surface area contributed by atoms with Gasteiger partial charge in [-0.1, -0.05) is 24.3 Å². The number of likely N-dealkylation sites (tertiary alicyclic amines) is 1. The molecule has 10 nitrogen and oxygen atoms in total. The minimum atomic E-state index is -1.05. The molecule has 2 aromatic carbocycles. The lowest BCUT2D eigenvalue weighted by Gasteiger charge is -2.35. The molecule has 4 aliphatic rings. The number of nitrogens with zero attached hydrogens (tertiary/aromatic N) is 1. The van der Waals surface area contributed by atoms with E-state index in [0.717, 1.165) is 12.0 Å². The summed E-state index contributed by atoms with van der Waals surface area (Å²) in [5.41, 5.74) is 2.97. The number of carboxylic acids is 1. The second-order valence-electron chi connectivity index (χ2n) is 12.5. The molecule has 2 N–H and O–H groups in total. The van der Waals surface area contributed by atoms with Gasteiger partial charge in [0, 0.05) is 25.6 Å². The van der Waals surface area contributed by atoms with Crippen LogP contribution in [0.2, 0.25) is 0 Å². The molecule has 2 amide bonds. The van der Waals surface area contributed by atoms with Gasteiger partial charge < -0.3 is 29.5 Å². The Kier molecular flexibility index (Phi) is 8.88. The van der Waals surface area contributed by atoms with Crippen LogP contribution in [0.25, 0.3) is 0 Å². The first-order valence-corrected chi connectivity index (χ1v) is 15.8. The highest BCUT2D eigenvalue weighted by Crippen LogP contribution is 2.41. The summed E-state index contributed by atoms with van der Waals surface area (Å²) >= 11 is 0. The molecule has 3 heterocycles. The number of carboxylic acid groups (broad SMARTS) is 1. The molecule has 0 bridgehead atoms. The summed E-state index contributed by atoms with van der Waals surface area (Å²) in [5, 5.41) is 13.1. The number of esters is 1. The molecule has 1 aliphatic carbocycles. The van der Waals surface area contributed by atoms with Gasteiger partial charge in [-0.15, -0.1) is 0 Å². The number of ether oxygens (including phenoxy) is 3. The van der Waals surface area contributed by atoms with Gasteiger partial charge in [0.15, 0.2) is 0 Å². The number of carbonyl (C=O) groups excluding carboxylic acids is 3. The third-order valence-electron chi connectivity index (χ3n) is 9.26. The van der Waals surface area contributed by atoms with Crippen LogP contribution in [-0.4, -0.2) is 72.2 Å². The first-order chi connectivity index (χ1) is 21.3. The van der Waals surface area contributed by atoms with Gasteiger partial charge in [-0.05, 0) is 86.3 Å². The van der Waals surface area contributed by atoms with Crippen molar-refractivity contribution >= 4 is 23.8 Å². The average molecular weight is 605 g/mol. The van der Waals surface area contributed by atoms with Crippen molar-refractivity contribution < 1.29 is 38.5 Å². The quantitative estimate of drug-likeness (QED) is 0.383. The van der Waals surface area contributed by atoms with E-state index in [1.54, 1.807) is 23.1 Å². The van der Waals surface area contributed by atoms with Crippen LogP contribution in [0.15, 0.2) is 42.5 Å². The topological polar surface area (TPSA) is 131 Å². The molecule has 0 spiro atoms. The molecule has 234 valence electrons. The van der Waals surface area contributed by atoms with E-state index < -0.39 is 30.1 Å². The van der Waals surface area contributed by atoms with E-state index in [1.165, 1.54) is 18.4 Å². The summed E-state index contributed by atoms with van der Waals surface area (Å²) < 4.78 is 17.2. The average Bonchev–Trinajstić information content (AvgIpc) is 3.54.